The standard InChI is InChI=1S/C18H30N4OS/c1-14-8-9-16(24-14)13-22-18(19-2)21-11-10-20-17(23)12-15-6-4-3-5-7-15/h8-9,15H,3-7,10-13H2,1-2H3,(H,20,23)(H2,19,21,22). The molecule has 1 aromatic heterocycles. The molecule has 1 aliphatic carbocycles. The maximum Gasteiger partial charge on any atom is 0.220 e. The Bertz CT molecular complexity index is 535. The molecule has 6 heteroatoms. The smallest absolute Gasteiger partial charge is 0.220 e. The van der Waals surface area contributed by atoms with Crippen LogP contribution in [-0.2, 0) is 11.3 Å². The largest absolute Gasteiger partial charge is 0.355 e. The summed E-state index contributed by atoms with van der Waals surface area (Å²) in [6, 6.07) is 4.26. The van der Waals surface area contributed by atoms with Gasteiger partial charge in [0, 0.05) is 36.3 Å². The number of aryl methyl sites for hydroxylation is 1. The molecule has 0 radical (unpaired) electrons. The zero-order valence-electron chi connectivity index (χ0n) is 14.9. The number of amides is 1. The van der Waals surface area contributed by atoms with Crippen molar-refractivity contribution in [3.63, 3.8) is 0 Å². The molecule has 24 heavy (non-hydrogen) atoms. The summed E-state index contributed by atoms with van der Waals surface area (Å²) in [7, 11) is 1.76. The lowest BCUT2D eigenvalue weighted by Gasteiger charge is -2.20. The lowest BCUT2D eigenvalue weighted by atomic mass is 9.87. The number of hydrogen-bond donors (Lipinski definition) is 3. The minimum atomic E-state index is 0.181. The van der Waals surface area contributed by atoms with Crippen LogP contribution < -0.4 is 16.0 Å². The third-order valence-electron chi connectivity index (χ3n) is 4.39. The third-order valence-corrected chi connectivity index (χ3v) is 5.39. The Morgan fingerprint density at radius 2 is 1.92 bits per heavy atom. The molecular formula is C18H30N4OS. The predicted molar refractivity (Wildman–Crippen MR) is 101 cm³/mol. The van der Waals surface area contributed by atoms with Crippen molar-refractivity contribution in [3.8, 4) is 0 Å². The number of nitrogens with one attached hydrogen (secondary N) is 3. The Hall–Kier alpha value is -1.56. The van der Waals surface area contributed by atoms with E-state index in [0.29, 0.717) is 25.4 Å². The Balaban J connectivity index is 1.57. The van der Waals surface area contributed by atoms with E-state index in [1.54, 1.807) is 18.4 Å². The van der Waals surface area contributed by atoms with Crippen molar-refractivity contribution in [2.45, 2.75) is 52.0 Å². The highest BCUT2D eigenvalue weighted by molar-refractivity contribution is 7.11. The lowest BCUT2D eigenvalue weighted by molar-refractivity contribution is -0.122. The van der Waals surface area contributed by atoms with Crippen LogP contribution in [-0.4, -0.2) is 32.0 Å². The number of nitrogens with zero attached hydrogens (tertiary/aromatic N) is 1. The Kier molecular flexibility index (Phi) is 8.08. The number of guanidine groups is 1. The van der Waals surface area contributed by atoms with E-state index < -0.39 is 0 Å². The molecule has 1 aliphatic rings. The maximum atomic E-state index is 12.0. The molecule has 0 spiro atoms. The fourth-order valence-corrected chi connectivity index (χ4v) is 3.91. The van der Waals surface area contributed by atoms with E-state index in [4.69, 9.17) is 0 Å². The summed E-state index contributed by atoms with van der Waals surface area (Å²) < 4.78 is 0. The number of aliphatic imine (C=N–C) groups is 1. The molecule has 0 bridgehead atoms. The second-order valence-corrected chi connectivity index (χ2v) is 7.80. The summed E-state index contributed by atoms with van der Waals surface area (Å²) in [4.78, 5) is 18.8. The highest BCUT2D eigenvalue weighted by atomic mass is 32.1. The Morgan fingerprint density at radius 3 is 2.58 bits per heavy atom. The Labute approximate surface area is 149 Å². The number of carbonyl (C=O) groups excluding carboxylic acids is 1. The first-order valence-electron chi connectivity index (χ1n) is 8.94. The van der Waals surface area contributed by atoms with Gasteiger partial charge in [-0.2, -0.15) is 0 Å². The van der Waals surface area contributed by atoms with E-state index in [-0.39, 0.29) is 5.91 Å². The van der Waals surface area contributed by atoms with Gasteiger partial charge in [0.1, 0.15) is 0 Å². The van der Waals surface area contributed by atoms with Gasteiger partial charge in [-0.25, -0.2) is 0 Å². The molecule has 1 fully saturated rings. The molecule has 3 N–H and O–H groups in total. The van der Waals surface area contributed by atoms with Crippen LogP contribution in [0.4, 0.5) is 0 Å². The van der Waals surface area contributed by atoms with Crippen molar-refractivity contribution in [3.05, 3.63) is 21.9 Å². The average Bonchev–Trinajstić information content (AvgIpc) is 3.00. The minimum Gasteiger partial charge on any atom is -0.355 e. The van der Waals surface area contributed by atoms with Crippen LogP contribution in [0.1, 0.15) is 48.3 Å². The average molecular weight is 351 g/mol. The van der Waals surface area contributed by atoms with Gasteiger partial charge < -0.3 is 16.0 Å². The number of rotatable bonds is 7. The van der Waals surface area contributed by atoms with Gasteiger partial charge in [-0.1, -0.05) is 19.3 Å². The first-order valence-corrected chi connectivity index (χ1v) is 9.75. The summed E-state index contributed by atoms with van der Waals surface area (Å²) >= 11 is 1.79. The number of hydrogen-bond acceptors (Lipinski definition) is 3. The molecule has 2 rings (SSSR count). The van der Waals surface area contributed by atoms with E-state index in [9.17, 15) is 4.79 Å². The molecule has 0 saturated heterocycles. The van der Waals surface area contributed by atoms with Crippen molar-refractivity contribution in [2.24, 2.45) is 10.9 Å². The summed E-state index contributed by atoms with van der Waals surface area (Å²) in [5.41, 5.74) is 0. The van der Waals surface area contributed by atoms with Crippen LogP contribution in [0.3, 0.4) is 0 Å². The molecule has 0 aliphatic heterocycles. The quantitative estimate of drug-likeness (QED) is 0.402. The van der Waals surface area contributed by atoms with Crippen molar-refractivity contribution in [2.75, 3.05) is 20.1 Å². The van der Waals surface area contributed by atoms with Gasteiger partial charge in [0.25, 0.3) is 0 Å². The number of thiophene rings is 1. The van der Waals surface area contributed by atoms with Crippen molar-refractivity contribution in [1.82, 2.24) is 16.0 Å². The molecule has 1 heterocycles. The van der Waals surface area contributed by atoms with E-state index >= 15 is 0 Å². The molecule has 0 unspecified atom stereocenters. The normalized spacial score (nSPS) is 16.0. The van der Waals surface area contributed by atoms with Gasteiger partial charge in [-0.3, -0.25) is 9.79 Å². The van der Waals surface area contributed by atoms with E-state index in [1.807, 2.05) is 0 Å². The summed E-state index contributed by atoms with van der Waals surface area (Å²) in [6.07, 6.45) is 7.01. The summed E-state index contributed by atoms with van der Waals surface area (Å²) in [6.45, 7) is 4.19. The van der Waals surface area contributed by atoms with Crippen LogP contribution in [0.5, 0.6) is 0 Å². The van der Waals surface area contributed by atoms with Gasteiger partial charge >= 0.3 is 0 Å². The lowest BCUT2D eigenvalue weighted by Crippen LogP contribution is -2.41. The first-order chi connectivity index (χ1) is 11.7. The molecule has 5 nitrogen and oxygen atoms in total. The van der Waals surface area contributed by atoms with Crippen LogP contribution in [0.25, 0.3) is 0 Å². The maximum absolute atomic E-state index is 12.0. The fraction of sp³-hybridized carbons (Fsp3) is 0.667. The van der Waals surface area contributed by atoms with Crippen molar-refractivity contribution < 1.29 is 4.79 Å². The van der Waals surface area contributed by atoms with Crippen molar-refractivity contribution in [1.29, 1.82) is 0 Å². The monoisotopic (exact) mass is 350 g/mol. The van der Waals surface area contributed by atoms with E-state index in [1.165, 1.54) is 41.9 Å². The highest BCUT2D eigenvalue weighted by Gasteiger charge is 2.16. The predicted octanol–water partition coefficient (Wildman–Crippen LogP) is 2.81. The SMILES string of the molecule is CN=C(NCCNC(=O)CC1CCCCC1)NCc1ccc(C)s1. The Morgan fingerprint density at radius 1 is 1.17 bits per heavy atom. The van der Waals surface area contributed by atoms with Crippen LogP contribution in [0.2, 0.25) is 0 Å². The van der Waals surface area contributed by atoms with Crippen LogP contribution >= 0.6 is 11.3 Å². The second kappa shape index (κ2) is 10.3. The molecule has 1 saturated carbocycles. The van der Waals surface area contributed by atoms with Gasteiger partial charge in [0.2, 0.25) is 5.91 Å². The summed E-state index contributed by atoms with van der Waals surface area (Å²) in [5.74, 6) is 1.54. The summed E-state index contributed by atoms with van der Waals surface area (Å²) in [5, 5.41) is 9.53. The van der Waals surface area contributed by atoms with Gasteiger partial charge in [-0.15, -0.1) is 11.3 Å². The fourth-order valence-electron chi connectivity index (χ4n) is 3.08. The van der Waals surface area contributed by atoms with Crippen LogP contribution in [0, 0.1) is 12.8 Å². The van der Waals surface area contributed by atoms with Gasteiger partial charge in [0.15, 0.2) is 5.96 Å². The number of carbonyl (C=O) groups is 1. The first kappa shape index (κ1) is 18.8. The topological polar surface area (TPSA) is 65.5 Å². The molecule has 1 aromatic rings. The second-order valence-electron chi connectivity index (χ2n) is 6.42. The van der Waals surface area contributed by atoms with Gasteiger partial charge in [-0.05, 0) is 37.8 Å². The molecule has 0 atom stereocenters. The van der Waals surface area contributed by atoms with Crippen molar-refractivity contribution >= 4 is 23.2 Å². The molecular weight excluding hydrogens is 320 g/mol. The van der Waals surface area contributed by atoms with Gasteiger partial charge in [0.05, 0.1) is 6.54 Å². The highest BCUT2D eigenvalue weighted by Crippen LogP contribution is 2.25. The zero-order valence-corrected chi connectivity index (χ0v) is 15.7. The molecule has 1 amide bonds. The molecule has 134 valence electrons. The molecule has 0 aromatic carbocycles. The minimum absolute atomic E-state index is 0.181. The van der Waals surface area contributed by atoms with E-state index in [2.05, 4.69) is 40.0 Å². The van der Waals surface area contributed by atoms with E-state index in [0.717, 1.165) is 12.5 Å². The zero-order chi connectivity index (χ0) is 17.2. The van der Waals surface area contributed by atoms with Crippen LogP contribution in [0.15, 0.2) is 17.1 Å². The third kappa shape index (κ3) is 6.91.